The average molecular weight is 326 g/mol. The fraction of sp³-hybridized carbons (Fsp3) is 0.263. The number of aryl methyl sites for hydroxylation is 3. The van der Waals surface area contributed by atoms with Crippen molar-refractivity contribution in [2.45, 2.75) is 27.2 Å². The van der Waals surface area contributed by atoms with E-state index in [1.165, 1.54) is 0 Å². The van der Waals surface area contributed by atoms with Gasteiger partial charge in [0.15, 0.2) is 6.61 Å². The van der Waals surface area contributed by atoms with Crippen molar-refractivity contribution in [3.63, 3.8) is 0 Å². The third-order valence-electron chi connectivity index (χ3n) is 3.66. The second-order valence-electron chi connectivity index (χ2n) is 5.76. The van der Waals surface area contributed by atoms with Crippen molar-refractivity contribution in [2.75, 3.05) is 6.61 Å². The molecule has 0 atom stereocenters. The van der Waals surface area contributed by atoms with Crippen LogP contribution in [0.1, 0.15) is 22.3 Å². The van der Waals surface area contributed by atoms with Gasteiger partial charge in [0, 0.05) is 0 Å². The van der Waals surface area contributed by atoms with Crippen LogP contribution in [-0.2, 0) is 16.0 Å². The topological polar surface area (TPSA) is 67.4 Å². The second-order valence-corrected chi connectivity index (χ2v) is 5.76. The molecule has 0 aliphatic rings. The maximum atomic E-state index is 11.9. The van der Waals surface area contributed by atoms with Gasteiger partial charge in [-0.15, -0.1) is 0 Å². The van der Waals surface area contributed by atoms with Crippen LogP contribution in [0.3, 0.4) is 0 Å². The van der Waals surface area contributed by atoms with Crippen molar-refractivity contribution < 1.29 is 14.3 Å². The van der Waals surface area contributed by atoms with Crippen LogP contribution in [0.25, 0.3) is 0 Å². The molecule has 5 heteroatoms. The van der Waals surface area contributed by atoms with E-state index in [1.54, 1.807) is 0 Å². The van der Waals surface area contributed by atoms with Crippen LogP contribution in [0, 0.1) is 20.8 Å². The van der Waals surface area contributed by atoms with E-state index in [2.05, 4.69) is 10.9 Å². The fourth-order valence-corrected chi connectivity index (χ4v) is 2.21. The fourth-order valence-electron chi connectivity index (χ4n) is 2.21. The summed E-state index contributed by atoms with van der Waals surface area (Å²) >= 11 is 0. The smallest absolute Gasteiger partial charge is 0.276 e. The molecule has 2 aromatic rings. The quantitative estimate of drug-likeness (QED) is 0.829. The molecule has 0 aliphatic heterocycles. The van der Waals surface area contributed by atoms with Crippen molar-refractivity contribution in [1.82, 2.24) is 10.9 Å². The minimum absolute atomic E-state index is 0.158. The summed E-state index contributed by atoms with van der Waals surface area (Å²) in [5.41, 5.74) is 8.74. The van der Waals surface area contributed by atoms with Crippen LogP contribution < -0.4 is 15.6 Å². The van der Waals surface area contributed by atoms with Crippen LogP contribution in [0.2, 0.25) is 0 Å². The molecule has 0 bridgehead atoms. The van der Waals surface area contributed by atoms with Crippen LogP contribution in [0.5, 0.6) is 5.75 Å². The lowest BCUT2D eigenvalue weighted by Gasteiger charge is -2.11. The largest absolute Gasteiger partial charge is 0.483 e. The molecule has 0 saturated heterocycles. The molecule has 2 rings (SSSR count). The standard InChI is InChI=1S/C19H22N2O3/c1-13-8-9-15(3)17(10-13)24-12-19(23)21-20-18(22)11-16-7-5-4-6-14(16)2/h4-10H,11-12H2,1-3H3,(H,20,22)(H,21,23). The molecule has 0 spiro atoms. The highest BCUT2D eigenvalue weighted by atomic mass is 16.5. The molecule has 0 aromatic heterocycles. The first-order chi connectivity index (χ1) is 11.5. The maximum absolute atomic E-state index is 11.9. The Morgan fingerprint density at radius 2 is 1.62 bits per heavy atom. The summed E-state index contributed by atoms with van der Waals surface area (Å²) in [5, 5.41) is 0. The van der Waals surface area contributed by atoms with Gasteiger partial charge in [0.1, 0.15) is 5.75 Å². The van der Waals surface area contributed by atoms with E-state index in [0.29, 0.717) is 5.75 Å². The molecule has 0 unspecified atom stereocenters. The summed E-state index contributed by atoms with van der Waals surface area (Å²) < 4.78 is 5.49. The van der Waals surface area contributed by atoms with Crippen molar-refractivity contribution >= 4 is 11.8 Å². The van der Waals surface area contributed by atoms with Gasteiger partial charge in [-0.05, 0) is 49.1 Å². The number of rotatable bonds is 5. The van der Waals surface area contributed by atoms with Gasteiger partial charge >= 0.3 is 0 Å². The van der Waals surface area contributed by atoms with Gasteiger partial charge in [0.25, 0.3) is 5.91 Å². The zero-order valence-electron chi connectivity index (χ0n) is 14.2. The number of ether oxygens (including phenoxy) is 1. The molecule has 0 saturated carbocycles. The summed E-state index contributed by atoms with van der Waals surface area (Å²) in [4.78, 5) is 23.7. The highest BCUT2D eigenvalue weighted by Crippen LogP contribution is 2.18. The molecule has 126 valence electrons. The Morgan fingerprint density at radius 3 is 2.38 bits per heavy atom. The highest BCUT2D eigenvalue weighted by Gasteiger charge is 2.08. The summed E-state index contributed by atoms with van der Waals surface area (Å²) in [5.74, 6) is -0.0187. The van der Waals surface area contributed by atoms with Crippen molar-refractivity contribution in [3.8, 4) is 5.75 Å². The third kappa shape index (κ3) is 5.12. The predicted octanol–water partition coefficient (Wildman–Crippen LogP) is 2.38. The number of amides is 2. The predicted molar refractivity (Wildman–Crippen MR) is 92.6 cm³/mol. The lowest BCUT2D eigenvalue weighted by Crippen LogP contribution is -2.44. The minimum Gasteiger partial charge on any atom is -0.483 e. The summed E-state index contributed by atoms with van der Waals surface area (Å²) in [6, 6.07) is 13.4. The van der Waals surface area contributed by atoms with E-state index in [4.69, 9.17) is 4.74 Å². The third-order valence-corrected chi connectivity index (χ3v) is 3.66. The molecule has 0 heterocycles. The number of hydrogen-bond acceptors (Lipinski definition) is 3. The maximum Gasteiger partial charge on any atom is 0.276 e. The van der Waals surface area contributed by atoms with Crippen molar-refractivity contribution in [1.29, 1.82) is 0 Å². The first-order valence-electron chi connectivity index (χ1n) is 7.78. The Morgan fingerprint density at radius 1 is 0.917 bits per heavy atom. The lowest BCUT2D eigenvalue weighted by molar-refractivity contribution is -0.129. The minimum atomic E-state index is -0.408. The van der Waals surface area contributed by atoms with Gasteiger partial charge in [-0.1, -0.05) is 36.4 Å². The first kappa shape index (κ1) is 17.5. The van der Waals surface area contributed by atoms with Gasteiger partial charge in [-0.2, -0.15) is 0 Å². The van der Waals surface area contributed by atoms with E-state index in [0.717, 1.165) is 22.3 Å². The molecule has 0 aliphatic carbocycles. The second kappa shape index (κ2) is 8.15. The van der Waals surface area contributed by atoms with E-state index in [9.17, 15) is 9.59 Å². The van der Waals surface area contributed by atoms with Crippen molar-refractivity contribution in [2.24, 2.45) is 0 Å². The Kier molecular flexibility index (Phi) is 5.95. The van der Waals surface area contributed by atoms with Gasteiger partial charge in [0.2, 0.25) is 5.91 Å². The van der Waals surface area contributed by atoms with Gasteiger partial charge in [0.05, 0.1) is 6.42 Å². The Bertz CT molecular complexity index is 741. The number of carbonyl (C=O) groups is 2. The first-order valence-corrected chi connectivity index (χ1v) is 7.78. The van der Waals surface area contributed by atoms with E-state index < -0.39 is 5.91 Å². The van der Waals surface area contributed by atoms with E-state index >= 15 is 0 Å². The normalized spacial score (nSPS) is 10.1. The molecule has 0 radical (unpaired) electrons. The number of hydrazine groups is 1. The van der Waals surface area contributed by atoms with Crippen LogP contribution in [-0.4, -0.2) is 18.4 Å². The number of hydrogen-bond donors (Lipinski definition) is 2. The van der Waals surface area contributed by atoms with Crippen LogP contribution >= 0.6 is 0 Å². The average Bonchev–Trinajstić information content (AvgIpc) is 2.56. The zero-order chi connectivity index (χ0) is 17.5. The van der Waals surface area contributed by atoms with E-state index in [1.807, 2.05) is 63.2 Å². The zero-order valence-corrected chi connectivity index (χ0v) is 14.2. The Hall–Kier alpha value is -2.82. The van der Waals surface area contributed by atoms with Gasteiger partial charge in [-0.3, -0.25) is 20.4 Å². The van der Waals surface area contributed by atoms with Crippen LogP contribution in [0.15, 0.2) is 42.5 Å². The molecular formula is C19H22N2O3. The molecular weight excluding hydrogens is 304 g/mol. The Balaban J connectivity index is 1.77. The molecule has 24 heavy (non-hydrogen) atoms. The number of benzene rings is 2. The molecule has 2 amide bonds. The monoisotopic (exact) mass is 326 g/mol. The summed E-state index contributed by atoms with van der Waals surface area (Å²) in [7, 11) is 0. The molecule has 2 N–H and O–H groups in total. The number of nitrogens with one attached hydrogen (secondary N) is 2. The van der Waals surface area contributed by atoms with E-state index in [-0.39, 0.29) is 18.9 Å². The lowest BCUT2D eigenvalue weighted by atomic mass is 10.1. The summed E-state index contributed by atoms with van der Waals surface area (Å²) in [6.45, 7) is 5.66. The van der Waals surface area contributed by atoms with Crippen molar-refractivity contribution in [3.05, 3.63) is 64.7 Å². The number of carbonyl (C=O) groups excluding carboxylic acids is 2. The SMILES string of the molecule is Cc1ccc(C)c(OCC(=O)NNC(=O)Cc2ccccc2C)c1. The van der Waals surface area contributed by atoms with Gasteiger partial charge in [-0.25, -0.2) is 0 Å². The summed E-state index contributed by atoms with van der Waals surface area (Å²) in [6.07, 6.45) is 0.213. The van der Waals surface area contributed by atoms with Crippen LogP contribution in [0.4, 0.5) is 0 Å². The molecule has 5 nitrogen and oxygen atoms in total. The Labute approximate surface area is 142 Å². The molecule has 0 fully saturated rings. The van der Waals surface area contributed by atoms with Gasteiger partial charge < -0.3 is 4.74 Å². The molecule has 2 aromatic carbocycles. The highest BCUT2D eigenvalue weighted by molar-refractivity contribution is 5.84.